The summed E-state index contributed by atoms with van der Waals surface area (Å²) >= 11 is 6.43. The molecule has 0 aliphatic heterocycles. The fourth-order valence-electron chi connectivity index (χ4n) is 0.875. The van der Waals surface area contributed by atoms with Gasteiger partial charge in [-0.05, 0) is 44.0 Å². The summed E-state index contributed by atoms with van der Waals surface area (Å²) in [7, 11) is 1.59. The van der Waals surface area contributed by atoms with Crippen molar-refractivity contribution >= 4 is 31.9 Å². The average Bonchev–Trinajstić information content (AvgIpc) is 2.35. The van der Waals surface area contributed by atoms with Crippen LogP contribution in [0.5, 0.6) is 5.88 Å². The lowest BCUT2D eigenvalue weighted by Crippen LogP contribution is -1.99. The van der Waals surface area contributed by atoms with Gasteiger partial charge in [-0.3, -0.25) is 4.79 Å². The molecule has 90 valence electrons. The maximum absolute atomic E-state index is 10.3. The predicted molar refractivity (Wildman–Crippen MR) is 73.3 cm³/mol. The van der Waals surface area contributed by atoms with Gasteiger partial charge in [-0.1, -0.05) is 0 Å². The van der Waals surface area contributed by atoms with Crippen LogP contribution in [-0.4, -0.2) is 17.1 Å². The summed E-state index contributed by atoms with van der Waals surface area (Å²) in [6.45, 7) is 0. The number of ether oxygens (including phenoxy) is 1. The molecule has 0 saturated heterocycles. The Morgan fingerprint density at radius 3 is 2.29 bits per heavy atom. The smallest absolute Gasteiger partial charge is 0.247 e. The first-order valence-corrected chi connectivity index (χ1v) is 6.20. The maximum Gasteiger partial charge on any atom is 0.247 e. The molecule has 2 aromatic heterocycles. The second-order valence-corrected chi connectivity index (χ2v) is 4.72. The zero-order valence-corrected chi connectivity index (χ0v) is 12.2. The number of hydrogen-bond donors (Lipinski definition) is 1. The molecule has 0 atom stereocenters. The van der Waals surface area contributed by atoms with Crippen molar-refractivity contribution in [1.82, 2.24) is 9.97 Å². The fraction of sp³-hybridized carbons (Fsp3) is 0.0909. The van der Waals surface area contributed by atoms with E-state index < -0.39 is 0 Å². The molecule has 0 saturated carbocycles. The Bertz CT molecular complexity index is 491. The van der Waals surface area contributed by atoms with Gasteiger partial charge in [-0.25, -0.2) is 4.98 Å². The van der Waals surface area contributed by atoms with Crippen molar-refractivity contribution in [2.75, 3.05) is 7.11 Å². The summed E-state index contributed by atoms with van der Waals surface area (Å²) < 4.78 is 6.68. The van der Waals surface area contributed by atoms with Crippen molar-refractivity contribution in [3.63, 3.8) is 0 Å². The zero-order valence-electron chi connectivity index (χ0n) is 8.98. The van der Waals surface area contributed by atoms with E-state index in [1.54, 1.807) is 31.6 Å². The van der Waals surface area contributed by atoms with Gasteiger partial charge >= 0.3 is 0 Å². The van der Waals surface area contributed by atoms with Crippen LogP contribution in [0, 0.1) is 0 Å². The second-order valence-electron chi connectivity index (χ2n) is 2.89. The molecule has 2 aromatic rings. The van der Waals surface area contributed by atoms with Crippen LogP contribution in [0.25, 0.3) is 0 Å². The fourth-order valence-corrected chi connectivity index (χ4v) is 1.36. The van der Waals surface area contributed by atoms with Gasteiger partial charge in [0.1, 0.15) is 0 Å². The minimum Gasteiger partial charge on any atom is -0.481 e. The number of halogens is 2. The number of aromatic amines is 1. The topological polar surface area (TPSA) is 55.0 Å². The maximum atomic E-state index is 10.3. The van der Waals surface area contributed by atoms with Crippen LogP contribution < -0.4 is 10.3 Å². The summed E-state index contributed by atoms with van der Waals surface area (Å²) in [5, 5.41) is 0. The molecule has 0 aliphatic rings. The molecule has 0 bridgehead atoms. The Labute approximate surface area is 115 Å². The van der Waals surface area contributed by atoms with Crippen LogP contribution in [0.1, 0.15) is 0 Å². The number of rotatable bonds is 1. The molecule has 2 rings (SSSR count). The number of H-pyrrole nitrogens is 1. The number of pyridine rings is 2. The van der Waals surface area contributed by atoms with Crippen LogP contribution >= 0.6 is 31.9 Å². The highest BCUT2D eigenvalue weighted by atomic mass is 79.9. The largest absolute Gasteiger partial charge is 0.481 e. The third-order valence-corrected chi connectivity index (χ3v) is 2.62. The van der Waals surface area contributed by atoms with Gasteiger partial charge in [0.05, 0.1) is 7.11 Å². The molecule has 0 unspecified atom stereocenters. The van der Waals surface area contributed by atoms with Crippen LogP contribution in [0.2, 0.25) is 0 Å². The van der Waals surface area contributed by atoms with Gasteiger partial charge in [-0.15, -0.1) is 0 Å². The molecule has 0 radical (unpaired) electrons. The third kappa shape index (κ3) is 5.65. The molecule has 6 heteroatoms. The van der Waals surface area contributed by atoms with Crippen molar-refractivity contribution in [2.24, 2.45) is 0 Å². The number of aromatic nitrogens is 2. The van der Waals surface area contributed by atoms with Gasteiger partial charge in [0.2, 0.25) is 11.4 Å². The summed E-state index contributed by atoms with van der Waals surface area (Å²) in [5.41, 5.74) is -0.0757. The molecule has 2 heterocycles. The normalized spacial score (nSPS) is 9.12. The van der Waals surface area contributed by atoms with E-state index in [1.165, 1.54) is 6.07 Å². The van der Waals surface area contributed by atoms with Gasteiger partial charge in [0.25, 0.3) is 0 Å². The molecule has 0 fully saturated rings. The molecule has 0 aliphatic carbocycles. The first-order chi connectivity index (χ1) is 8.11. The first kappa shape index (κ1) is 13.9. The van der Waals surface area contributed by atoms with Crippen molar-refractivity contribution in [3.05, 3.63) is 56.0 Å². The van der Waals surface area contributed by atoms with E-state index in [0.29, 0.717) is 5.88 Å². The standard InChI is InChI=1S/C6H6BrNO.C5H4BrNO/c1-9-6-3-2-5(7)4-8-6;6-4-1-2-5(8)7-3-4/h2-4H,1H3;1-3H,(H,7,8). The van der Waals surface area contributed by atoms with Crippen LogP contribution in [0.4, 0.5) is 0 Å². The van der Waals surface area contributed by atoms with Crippen LogP contribution in [-0.2, 0) is 0 Å². The van der Waals surface area contributed by atoms with Gasteiger partial charge in [0.15, 0.2) is 0 Å². The summed E-state index contributed by atoms with van der Waals surface area (Å²) in [6.07, 6.45) is 3.29. The van der Waals surface area contributed by atoms with Crippen LogP contribution in [0.3, 0.4) is 0 Å². The highest BCUT2D eigenvalue weighted by Gasteiger charge is 1.88. The lowest BCUT2D eigenvalue weighted by molar-refractivity contribution is 0.397. The molecule has 0 aromatic carbocycles. The Balaban J connectivity index is 0.000000171. The quantitative estimate of drug-likeness (QED) is 0.849. The Morgan fingerprint density at radius 1 is 1.18 bits per heavy atom. The van der Waals surface area contributed by atoms with E-state index in [0.717, 1.165) is 8.95 Å². The number of hydrogen-bond acceptors (Lipinski definition) is 3. The Kier molecular flexibility index (Phi) is 5.93. The Morgan fingerprint density at radius 2 is 1.88 bits per heavy atom. The van der Waals surface area contributed by atoms with Gasteiger partial charge < -0.3 is 9.72 Å². The van der Waals surface area contributed by atoms with E-state index >= 15 is 0 Å². The van der Waals surface area contributed by atoms with Gasteiger partial charge in [-0.2, -0.15) is 0 Å². The molecular weight excluding hydrogens is 352 g/mol. The number of nitrogens with one attached hydrogen (secondary N) is 1. The highest BCUT2D eigenvalue weighted by molar-refractivity contribution is 9.10. The lowest BCUT2D eigenvalue weighted by atomic mass is 10.5. The van der Waals surface area contributed by atoms with Crippen molar-refractivity contribution in [1.29, 1.82) is 0 Å². The second kappa shape index (κ2) is 7.24. The van der Waals surface area contributed by atoms with Crippen molar-refractivity contribution in [3.8, 4) is 5.88 Å². The first-order valence-electron chi connectivity index (χ1n) is 4.61. The molecule has 0 amide bonds. The molecule has 1 N–H and O–H groups in total. The number of nitrogens with zero attached hydrogens (tertiary/aromatic N) is 1. The minimum atomic E-state index is -0.0757. The molecular formula is C11H10Br2N2O2. The third-order valence-electron chi connectivity index (χ3n) is 1.66. The minimum absolute atomic E-state index is 0.0757. The van der Waals surface area contributed by atoms with E-state index in [1.807, 2.05) is 6.07 Å². The van der Waals surface area contributed by atoms with E-state index in [-0.39, 0.29) is 5.56 Å². The monoisotopic (exact) mass is 360 g/mol. The van der Waals surface area contributed by atoms with Crippen LogP contribution in [0.15, 0.2) is 50.4 Å². The predicted octanol–water partition coefficient (Wildman–Crippen LogP) is 2.99. The molecule has 0 spiro atoms. The van der Waals surface area contributed by atoms with E-state index in [4.69, 9.17) is 4.74 Å². The average molecular weight is 362 g/mol. The van der Waals surface area contributed by atoms with Crippen molar-refractivity contribution < 1.29 is 4.74 Å². The van der Waals surface area contributed by atoms with Gasteiger partial charge in [0, 0.05) is 33.5 Å². The summed E-state index contributed by atoms with van der Waals surface area (Å²) in [4.78, 5) is 16.8. The van der Waals surface area contributed by atoms with E-state index in [2.05, 4.69) is 41.8 Å². The highest BCUT2D eigenvalue weighted by Crippen LogP contribution is 2.10. The lowest BCUT2D eigenvalue weighted by Gasteiger charge is -1.94. The van der Waals surface area contributed by atoms with Crippen molar-refractivity contribution in [2.45, 2.75) is 0 Å². The summed E-state index contributed by atoms with van der Waals surface area (Å²) in [6, 6.07) is 6.83. The summed E-state index contributed by atoms with van der Waals surface area (Å²) in [5.74, 6) is 0.637. The van der Waals surface area contributed by atoms with E-state index in [9.17, 15) is 4.79 Å². The number of methoxy groups -OCH3 is 1. The zero-order chi connectivity index (χ0) is 12.7. The molecule has 17 heavy (non-hydrogen) atoms. The SMILES string of the molecule is COc1ccc(Br)cn1.O=c1ccc(Br)c[nH]1. The Hall–Kier alpha value is -1.14. The molecule has 4 nitrogen and oxygen atoms in total.